The largest absolute Gasteiger partial charge is 0.370 e. The number of aryl methyl sites for hydroxylation is 3. The molecule has 1 N–H and O–H groups in total. The van der Waals surface area contributed by atoms with Gasteiger partial charge < -0.3 is 9.88 Å². The normalized spacial score (nSPS) is 12.5. The van der Waals surface area contributed by atoms with E-state index in [0.717, 1.165) is 19.5 Å². The average molecular weight is 363 g/mol. The van der Waals surface area contributed by atoms with Gasteiger partial charge in [0.05, 0.1) is 5.69 Å². The fraction of sp³-hybridized carbons (Fsp3) is 0.474. The summed E-state index contributed by atoms with van der Waals surface area (Å²) in [6.45, 7) is 13.3. The maximum absolute atomic E-state index is 3.60. The minimum absolute atomic E-state index is 0.509. The Kier molecular flexibility index (Phi) is 5.74. The Morgan fingerprint density at radius 1 is 1.14 bits per heavy atom. The molecule has 1 heterocycles. The molecule has 0 saturated carbocycles. The standard InChI is InChI=1S/C19H27BrN2/c1-6-7-22(18-10-16(5)21-11-18)12-15(4)19-13(2)8-17(20)9-14(19)3/h8-11,15,21H,6-7,12H2,1-5H3. The lowest BCUT2D eigenvalue weighted by atomic mass is 9.91. The number of halogens is 1. The number of benzene rings is 1. The van der Waals surface area contributed by atoms with E-state index in [1.807, 2.05) is 0 Å². The van der Waals surface area contributed by atoms with Crippen LogP contribution in [0.4, 0.5) is 5.69 Å². The molecule has 2 rings (SSSR count). The van der Waals surface area contributed by atoms with Crippen LogP contribution in [0.15, 0.2) is 28.9 Å². The van der Waals surface area contributed by atoms with Crippen molar-refractivity contribution < 1.29 is 0 Å². The van der Waals surface area contributed by atoms with Crippen LogP contribution in [0.1, 0.15) is 48.6 Å². The van der Waals surface area contributed by atoms with E-state index in [2.05, 4.69) is 84.8 Å². The molecular formula is C19H27BrN2. The number of hydrogen-bond donors (Lipinski definition) is 1. The summed E-state index contributed by atoms with van der Waals surface area (Å²) < 4.78 is 1.17. The van der Waals surface area contributed by atoms with Crippen molar-refractivity contribution in [3.8, 4) is 0 Å². The SMILES string of the molecule is CCCN(CC(C)c1c(C)cc(Br)cc1C)c1c[nH]c(C)c1. The molecule has 120 valence electrons. The molecule has 2 nitrogen and oxygen atoms in total. The van der Waals surface area contributed by atoms with E-state index in [-0.39, 0.29) is 0 Å². The fourth-order valence-electron chi connectivity index (χ4n) is 3.39. The number of aromatic nitrogens is 1. The Morgan fingerprint density at radius 3 is 2.27 bits per heavy atom. The number of rotatable bonds is 6. The molecule has 1 unspecified atom stereocenters. The third-order valence-corrected chi connectivity index (χ3v) is 4.67. The van der Waals surface area contributed by atoms with Crippen LogP contribution < -0.4 is 4.90 Å². The summed E-state index contributed by atoms with van der Waals surface area (Å²) in [5, 5.41) is 0. The van der Waals surface area contributed by atoms with E-state index >= 15 is 0 Å². The summed E-state index contributed by atoms with van der Waals surface area (Å²) in [6, 6.07) is 6.69. The first-order valence-corrected chi connectivity index (χ1v) is 8.88. The van der Waals surface area contributed by atoms with Gasteiger partial charge >= 0.3 is 0 Å². The van der Waals surface area contributed by atoms with Crippen LogP contribution in [0.2, 0.25) is 0 Å². The Labute approximate surface area is 143 Å². The molecular weight excluding hydrogens is 336 g/mol. The summed E-state index contributed by atoms with van der Waals surface area (Å²) in [6.07, 6.45) is 3.29. The van der Waals surface area contributed by atoms with Crippen LogP contribution in [-0.2, 0) is 0 Å². The highest BCUT2D eigenvalue weighted by atomic mass is 79.9. The van der Waals surface area contributed by atoms with Gasteiger partial charge in [0.1, 0.15) is 0 Å². The quantitative estimate of drug-likeness (QED) is 0.695. The van der Waals surface area contributed by atoms with E-state index in [0.29, 0.717) is 5.92 Å². The molecule has 0 saturated heterocycles. The third kappa shape index (κ3) is 3.95. The second kappa shape index (κ2) is 7.36. The highest BCUT2D eigenvalue weighted by molar-refractivity contribution is 9.10. The van der Waals surface area contributed by atoms with Gasteiger partial charge in [-0.1, -0.05) is 29.8 Å². The van der Waals surface area contributed by atoms with E-state index in [9.17, 15) is 0 Å². The first-order valence-electron chi connectivity index (χ1n) is 8.09. The lowest BCUT2D eigenvalue weighted by molar-refractivity contribution is 0.673. The molecule has 0 aliphatic carbocycles. The average Bonchev–Trinajstić information content (AvgIpc) is 2.83. The van der Waals surface area contributed by atoms with E-state index in [1.54, 1.807) is 0 Å². The maximum Gasteiger partial charge on any atom is 0.0546 e. The zero-order chi connectivity index (χ0) is 16.3. The zero-order valence-electron chi connectivity index (χ0n) is 14.3. The molecule has 22 heavy (non-hydrogen) atoms. The van der Waals surface area contributed by atoms with Gasteiger partial charge in [-0.25, -0.2) is 0 Å². The van der Waals surface area contributed by atoms with Gasteiger partial charge in [0.2, 0.25) is 0 Å². The van der Waals surface area contributed by atoms with Gasteiger partial charge in [0, 0.05) is 29.5 Å². The third-order valence-electron chi connectivity index (χ3n) is 4.22. The van der Waals surface area contributed by atoms with Crippen LogP contribution in [0.3, 0.4) is 0 Å². The smallest absolute Gasteiger partial charge is 0.0546 e. The molecule has 0 bridgehead atoms. The molecule has 0 aliphatic rings. The molecule has 2 aromatic rings. The van der Waals surface area contributed by atoms with Crippen molar-refractivity contribution in [2.24, 2.45) is 0 Å². The van der Waals surface area contributed by atoms with Gasteiger partial charge in [-0.2, -0.15) is 0 Å². The Hall–Kier alpha value is -1.22. The first-order chi connectivity index (χ1) is 10.4. The molecule has 1 aromatic heterocycles. The van der Waals surface area contributed by atoms with Crippen molar-refractivity contribution >= 4 is 21.6 Å². The number of nitrogens with one attached hydrogen (secondary N) is 1. The van der Waals surface area contributed by atoms with Crippen molar-refractivity contribution in [3.63, 3.8) is 0 Å². The van der Waals surface area contributed by atoms with Crippen molar-refractivity contribution in [1.29, 1.82) is 0 Å². The minimum atomic E-state index is 0.509. The van der Waals surface area contributed by atoms with E-state index in [1.165, 1.54) is 32.5 Å². The van der Waals surface area contributed by atoms with Crippen LogP contribution in [0, 0.1) is 20.8 Å². The van der Waals surface area contributed by atoms with Gasteiger partial charge in [0.25, 0.3) is 0 Å². The zero-order valence-corrected chi connectivity index (χ0v) is 15.9. The molecule has 0 fully saturated rings. The Morgan fingerprint density at radius 2 is 1.77 bits per heavy atom. The van der Waals surface area contributed by atoms with Crippen molar-refractivity contribution in [1.82, 2.24) is 4.98 Å². The summed E-state index contributed by atoms with van der Waals surface area (Å²) >= 11 is 3.60. The number of nitrogens with zero attached hydrogens (tertiary/aromatic N) is 1. The van der Waals surface area contributed by atoms with Gasteiger partial charge in [-0.15, -0.1) is 0 Å². The van der Waals surface area contributed by atoms with Crippen molar-refractivity contribution in [2.75, 3.05) is 18.0 Å². The molecule has 1 atom stereocenters. The number of H-pyrrole nitrogens is 1. The lowest BCUT2D eigenvalue weighted by Gasteiger charge is -2.28. The van der Waals surface area contributed by atoms with Crippen LogP contribution in [0.25, 0.3) is 0 Å². The van der Waals surface area contributed by atoms with Crippen LogP contribution in [-0.4, -0.2) is 18.1 Å². The monoisotopic (exact) mass is 362 g/mol. The molecule has 0 radical (unpaired) electrons. The summed E-state index contributed by atoms with van der Waals surface area (Å²) in [4.78, 5) is 5.80. The summed E-state index contributed by atoms with van der Waals surface area (Å²) in [5.41, 5.74) is 6.76. The van der Waals surface area contributed by atoms with E-state index < -0.39 is 0 Å². The number of anilines is 1. The van der Waals surface area contributed by atoms with Gasteiger partial charge in [-0.05, 0) is 68.0 Å². The topological polar surface area (TPSA) is 19.0 Å². The predicted octanol–water partition coefficient (Wildman–Crippen LogP) is 5.72. The summed E-state index contributed by atoms with van der Waals surface area (Å²) in [7, 11) is 0. The number of aromatic amines is 1. The highest BCUT2D eigenvalue weighted by Crippen LogP contribution is 2.29. The van der Waals surface area contributed by atoms with Crippen molar-refractivity contribution in [2.45, 2.75) is 47.0 Å². The summed E-state index contributed by atoms with van der Waals surface area (Å²) in [5.74, 6) is 0.509. The van der Waals surface area contributed by atoms with Gasteiger partial charge in [-0.3, -0.25) is 0 Å². The van der Waals surface area contributed by atoms with Gasteiger partial charge in [0.15, 0.2) is 0 Å². The molecule has 0 aliphatic heterocycles. The highest BCUT2D eigenvalue weighted by Gasteiger charge is 2.17. The van der Waals surface area contributed by atoms with Crippen LogP contribution in [0.5, 0.6) is 0 Å². The van der Waals surface area contributed by atoms with Crippen molar-refractivity contribution in [3.05, 3.63) is 51.3 Å². The second-order valence-electron chi connectivity index (χ2n) is 6.34. The fourth-order valence-corrected chi connectivity index (χ4v) is 4.08. The molecule has 0 amide bonds. The number of hydrogen-bond acceptors (Lipinski definition) is 1. The maximum atomic E-state index is 3.60. The molecule has 3 heteroatoms. The predicted molar refractivity (Wildman–Crippen MR) is 100 cm³/mol. The molecule has 0 spiro atoms. The van der Waals surface area contributed by atoms with Crippen LogP contribution >= 0.6 is 15.9 Å². The minimum Gasteiger partial charge on any atom is -0.370 e. The molecule has 1 aromatic carbocycles. The Bertz CT molecular complexity index is 607. The lowest BCUT2D eigenvalue weighted by Crippen LogP contribution is -2.28. The Balaban J connectivity index is 2.23. The van der Waals surface area contributed by atoms with E-state index in [4.69, 9.17) is 0 Å². The first kappa shape index (κ1) is 17.1. The second-order valence-corrected chi connectivity index (χ2v) is 7.26.